The zero-order valence-corrected chi connectivity index (χ0v) is 10.6. The Bertz CT molecular complexity index is 540. The highest BCUT2D eigenvalue weighted by molar-refractivity contribution is 5.67. The lowest BCUT2D eigenvalue weighted by Crippen LogP contribution is -2.28. The minimum Gasteiger partial charge on any atom is -0.481 e. The van der Waals surface area contributed by atoms with Crippen molar-refractivity contribution in [3.8, 4) is 5.69 Å². The molecule has 0 aliphatic heterocycles. The van der Waals surface area contributed by atoms with Crippen molar-refractivity contribution in [1.82, 2.24) is 20.2 Å². The van der Waals surface area contributed by atoms with Gasteiger partial charge in [-0.3, -0.25) is 4.79 Å². The summed E-state index contributed by atoms with van der Waals surface area (Å²) < 4.78 is 1.60. The fourth-order valence-corrected chi connectivity index (χ4v) is 1.75. The monoisotopic (exact) mass is 261 g/mol. The van der Waals surface area contributed by atoms with E-state index in [9.17, 15) is 4.79 Å². The summed E-state index contributed by atoms with van der Waals surface area (Å²) in [5.41, 5.74) is 0.844. The highest BCUT2D eigenvalue weighted by atomic mass is 16.4. The number of carboxylic acids is 1. The second kappa shape index (κ2) is 5.94. The molecule has 0 amide bonds. The minimum absolute atomic E-state index is 0.0511. The highest BCUT2D eigenvalue weighted by Crippen LogP contribution is 2.15. The molecule has 0 bridgehead atoms. The van der Waals surface area contributed by atoms with Crippen molar-refractivity contribution in [2.75, 3.05) is 18.0 Å². The SMILES string of the molecule is CCN(CCC(=O)O)c1nnnn1-c1ccccc1. The van der Waals surface area contributed by atoms with Crippen molar-refractivity contribution < 1.29 is 9.90 Å². The summed E-state index contributed by atoms with van der Waals surface area (Å²) in [6.45, 7) is 2.95. The van der Waals surface area contributed by atoms with Crippen LogP contribution < -0.4 is 4.90 Å². The Kier molecular flexibility index (Phi) is 4.07. The molecule has 0 aliphatic carbocycles. The van der Waals surface area contributed by atoms with Crippen LogP contribution >= 0.6 is 0 Å². The molecule has 0 spiro atoms. The third-order valence-corrected chi connectivity index (χ3v) is 2.71. The Balaban J connectivity index is 2.25. The summed E-state index contributed by atoms with van der Waals surface area (Å²) in [5, 5.41) is 20.4. The molecule has 0 atom stereocenters. The van der Waals surface area contributed by atoms with Gasteiger partial charge in [0.25, 0.3) is 0 Å². The minimum atomic E-state index is -0.836. The van der Waals surface area contributed by atoms with Crippen molar-refractivity contribution in [1.29, 1.82) is 0 Å². The number of nitrogens with zero attached hydrogens (tertiary/aromatic N) is 5. The number of tetrazole rings is 1. The largest absolute Gasteiger partial charge is 0.481 e. The number of aromatic nitrogens is 4. The van der Waals surface area contributed by atoms with Gasteiger partial charge in [-0.15, -0.1) is 0 Å². The number of benzene rings is 1. The number of aliphatic carboxylic acids is 1. The number of hydrogen-bond donors (Lipinski definition) is 1. The van der Waals surface area contributed by atoms with E-state index in [4.69, 9.17) is 5.11 Å². The van der Waals surface area contributed by atoms with Crippen LogP contribution in [0, 0.1) is 0 Å². The van der Waals surface area contributed by atoms with Crippen LogP contribution in [0.1, 0.15) is 13.3 Å². The van der Waals surface area contributed by atoms with E-state index in [2.05, 4.69) is 15.5 Å². The molecule has 0 fully saturated rings. The van der Waals surface area contributed by atoms with Gasteiger partial charge in [0, 0.05) is 13.1 Å². The third kappa shape index (κ3) is 3.06. The smallest absolute Gasteiger partial charge is 0.305 e. The Hall–Kier alpha value is -2.44. The van der Waals surface area contributed by atoms with Crippen LogP contribution in [0.25, 0.3) is 5.69 Å². The Morgan fingerprint density at radius 2 is 2.11 bits per heavy atom. The van der Waals surface area contributed by atoms with Crippen LogP contribution in [0.15, 0.2) is 30.3 Å². The summed E-state index contributed by atoms with van der Waals surface area (Å²) in [6.07, 6.45) is 0.0511. The van der Waals surface area contributed by atoms with Gasteiger partial charge in [-0.25, -0.2) is 0 Å². The standard InChI is InChI=1S/C12H15N5O2/c1-2-16(9-8-11(18)19)12-13-14-15-17(12)10-6-4-3-5-7-10/h3-7H,2,8-9H2,1H3,(H,18,19). The van der Waals surface area contributed by atoms with Gasteiger partial charge in [0.2, 0.25) is 5.95 Å². The van der Waals surface area contributed by atoms with E-state index in [0.29, 0.717) is 19.0 Å². The molecule has 0 saturated carbocycles. The zero-order chi connectivity index (χ0) is 13.7. The van der Waals surface area contributed by atoms with Gasteiger partial charge >= 0.3 is 5.97 Å². The molecule has 0 unspecified atom stereocenters. The summed E-state index contributed by atoms with van der Waals surface area (Å²) in [4.78, 5) is 12.5. The molecule has 1 heterocycles. The topological polar surface area (TPSA) is 84.1 Å². The van der Waals surface area contributed by atoms with Crippen molar-refractivity contribution in [3.63, 3.8) is 0 Å². The molecular formula is C12H15N5O2. The average Bonchev–Trinajstić information content (AvgIpc) is 2.89. The third-order valence-electron chi connectivity index (χ3n) is 2.71. The average molecular weight is 261 g/mol. The van der Waals surface area contributed by atoms with Gasteiger partial charge in [0.15, 0.2) is 0 Å². The van der Waals surface area contributed by atoms with Gasteiger partial charge in [0.1, 0.15) is 0 Å². The number of carbonyl (C=O) groups is 1. The number of anilines is 1. The number of hydrogen-bond acceptors (Lipinski definition) is 5. The first kappa shape index (κ1) is 13.0. The summed E-state index contributed by atoms with van der Waals surface area (Å²) >= 11 is 0. The number of para-hydroxylation sites is 1. The first-order valence-electron chi connectivity index (χ1n) is 6.03. The fourth-order valence-electron chi connectivity index (χ4n) is 1.75. The molecule has 2 aromatic rings. The normalized spacial score (nSPS) is 10.4. The van der Waals surface area contributed by atoms with Gasteiger partial charge in [0.05, 0.1) is 12.1 Å². The maximum Gasteiger partial charge on any atom is 0.305 e. The van der Waals surface area contributed by atoms with E-state index in [1.165, 1.54) is 0 Å². The quantitative estimate of drug-likeness (QED) is 0.833. The molecule has 1 aromatic heterocycles. The Labute approximate surface area is 110 Å². The molecule has 1 N–H and O–H groups in total. The summed E-state index contributed by atoms with van der Waals surface area (Å²) in [7, 11) is 0. The molecule has 1 aromatic carbocycles. The maximum atomic E-state index is 10.7. The molecular weight excluding hydrogens is 246 g/mol. The van der Waals surface area contributed by atoms with E-state index in [1.54, 1.807) is 4.68 Å². The highest BCUT2D eigenvalue weighted by Gasteiger charge is 2.15. The van der Waals surface area contributed by atoms with Gasteiger partial charge < -0.3 is 10.0 Å². The number of rotatable bonds is 6. The van der Waals surface area contributed by atoms with Gasteiger partial charge in [-0.05, 0) is 29.5 Å². The second-order valence-electron chi connectivity index (χ2n) is 3.95. The lowest BCUT2D eigenvalue weighted by molar-refractivity contribution is -0.136. The van der Waals surface area contributed by atoms with Gasteiger partial charge in [-0.1, -0.05) is 23.3 Å². The predicted octanol–water partition coefficient (Wildman–Crippen LogP) is 0.963. The van der Waals surface area contributed by atoms with Crippen molar-refractivity contribution in [2.45, 2.75) is 13.3 Å². The molecule has 7 nitrogen and oxygen atoms in total. The van der Waals surface area contributed by atoms with Crippen LogP contribution in [0.5, 0.6) is 0 Å². The van der Waals surface area contributed by atoms with E-state index in [1.807, 2.05) is 42.2 Å². The first-order chi connectivity index (χ1) is 9.22. The molecule has 100 valence electrons. The molecule has 0 radical (unpaired) electrons. The predicted molar refractivity (Wildman–Crippen MR) is 69.3 cm³/mol. The Morgan fingerprint density at radius 3 is 2.74 bits per heavy atom. The van der Waals surface area contributed by atoms with Crippen molar-refractivity contribution in [3.05, 3.63) is 30.3 Å². The summed E-state index contributed by atoms with van der Waals surface area (Å²) in [5.74, 6) is -0.285. The lowest BCUT2D eigenvalue weighted by atomic mass is 10.3. The van der Waals surface area contributed by atoms with Crippen LogP contribution in [0.4, 0.5) is 5.95 Å². The number of carboxylic acid groups (broad SMARTS) is 1. The second-order valence-corrected chi connectivity index (χ2v) is 3.95. The Morgan fingerprint density at radius 1 is 1.37 bits per heavy atom. The van der Waals surface area contributed by atoms with Gasteiger partial charge in [-0.2, -0.15) is 4.68 Å². The lowest BCUT2D eigenvalue weighted by Gasteiger charge is -2.20. The van der Waals surface area contributed by atoms with Crippen LogP contribution in [0.3, 0.4) is 0 Å². The van der Waals surface area contributed by atoms with Crippen LogP contribution in [0.2, 0.25) is 0 Å². The molecule has 0 saturated heterocycles. The zero-order valence-electron chi connectivity index (χ0n) is 10.6. The fraction of sp³-hybridized carbons (Fsp3) is 0.333. The van der Waals surface area contributed by atoms with E-state index in [-0.39, 0.29) is 6.42 Å². The first-order valence-corrected chi connectivity index (χ1v) is 6.03. The summed E-state index contributed by atoms with van der Waals surface area (Å²) in [6, 6.07) is 9.49. The molecule has 19 heavy (non-hydrogen) atoms. The van der Waals surface area contributed by atoms with Crippen LogP contribution in [-0.2, 0) is 4.79 Å². The van der Waals surface area contributed by atoms with Crippen LogP contribution in [-0.4, -0.2) is 44.4 Å². The van der Waals surface area contributed by atoms with E-state index < -0.39 is 5.97 Å². The van der Waals surface area contributed by atoms with Crippen molar-refractivity contribution >= 4 is 11.9 Å². The maximum absolute atomic E-state index is 10.7. The van der Waals surface area contributed by atoms with Crippen molar-refractivity contribution in [2.24, 2.45) is 0 Å². The van der Waals surface area contributed by atoms with E-state index >= 15 is 0 Å². The molecule has 0 aliphatic rings. The van der Waals surface area contributed by atoms with E-state index in [0.717, 1.165) is 5.69 Å². The molecule has 2 rings (SSSR count). The molecule has 7 heteroatoms.